The van der Waals surface area contributed by atoms with Crippen LogP contribution in [0.1, 0.15) is 79.1 Å². The summed E-state index contributed by atoms with van der Waals surface area (Å²) in [5.74, 6) is 1.53. The van der Waals surface area contributed by atoms with E-state index in [-0.39, 0.29) is 10.8 Å². The number of rotatable bonds is 0. The fraction of sp³-hybridized carbons (Fsp3) is 0.950. The second-order valence-corrected chi connectivity index (χ2v) is 10.2. The normalized spacial score (nSPS) is 56.4. The van der Waals surface area contributed by atoms with E-state index in [1.54, 1.807) is 0 Å². The second-order valence-electron chi connectivity index (χ2n) is 10.2. The van der Waals surface area contributed by atoms with Crippen LogP contribution in [-0.4, -0.2) is 17.0 Å². The van der Waals surface area contributed by atoms with Crippen molar-refractivity contribution >= 4 is 5.78 Å². The molecule has 0 amide bonds. The Morgan fingerprint density at radius 3 is 2.36 bits per heavy atom. The van der Waals surface area contributed by atoms with Gasteiger partial charge in [-0.25, -0.2) is 0 Å². The number of carbonyl (C=O) groups is 1. The minimum Gasteiger partial charge on any atom is -0.391 e. The highest BCUT2D eigenvalue weighted by atomic mass is 16.3. The van der Waals surface area contributed by atoms with Gasteiger partial charge in [0, 0.05) is 11.8 Å². The Kier molecular flexibility index (Phi) is 2.88. The highest BCUT2D eigenvalue weighted by Gasteiger charge is 2.71. The van der Waals surface area contributed by atoms with Crippen LogP contribution >= 0.6 is 0 Å². The first-order valence-electron chi connectivity index (χ1n) is 9.38. The smallest absolute Gasteiger partial charge is 0.142 e. The third-order valence-electron chi connectivity index (χ3n) is 8.78. The van der Waals surface area contributed by atoms with Crippen LogP contribution in [-0.2, 0) is 4.79 Å². The van der Waals surface area contributed by atoms with Crippen LogP contribution in [0.2, 0.25) is 0 Å². The molecule has 1 N–H and O–H groups in total. The molecule has 0 aromatic carbocycles. The Hall–Kier alpha value is -0.370. The molecule has 6 atom stereocenters. The van der Waals surface area contributed by atoms with Crippen LogP contribution in [0.4, 0.5) is 0 Å². The van der Waals surface area contributed by atoms with Crippen molar-refractivity contribution < 1.29 is 9.90 Å². The fourth-order valence-corrected chi connectivity index (χ4v) is 7.80. The number of aliphatic hydroxyl groups is 1. The molecule has 4 rings (SSSR count). The van der Waals surface area contributed by atoms with E-state index in [0.717, 1.165) is 25.7 Å². The molecule has 0 heterocycles. The Morgan fingerprint density at radius 1 is 0.955 bits per heavy atom. The highest BCUT2D eigenvalue weighted by Crippen LogP contribution is 2.72. The molecule has 22 heavy (non-hydrogen) atoms. The maximum absolute atomic E-state index is 13.0. The molecule has 0 radical (unpaired) electrons. The molecule has 4 aliphatic rings. The van der Waals surface area contributed by atoms with Crippen molar-refractivity contribution in [3.63, 3.8) is 0 Å². The van der Waals surface area contributed by atoms with Crippen molar-refractivity contribution in [2.45, 2.75) is 85.2 Å². The average molecular weight is 304 g/mol. The summed E-state index contributed by atoms with van der Waals surface area (Å²) in [6, 6.07) is 0. The number of fused-ring (bicyclic) bond motifs is 3. The predicted octanol–water partition coefficient (Wildman–Crippen LogP) is 4.35. The third kappa shape index (κ3) is 1.53. The first-order chi connectivity index (χ1) is 10.2. The lowest BCUT2D eigenvalue weighted by molar-refractivity contribution is -0.195. The molecule has 4 fully saturated rings. The lowest BCUT2D eigenvalue weighted by Crippen LogP contribution is -2.62. The maximum atomic E-state index is 13.0. The van der Waals surface area contributed by atoms with Gasteiger partial charge in [0.15, 0.2) is 0 Å². The number of ketones is 1. The third-order valence-corrected chi connectivity index (χ3v) is 8.78. The van der Waals surface area contributed by atoms with Gasteiger partial charge in [-0.15, -0.1) is 0 Å². The van der Waals surface area contributed by atoms with E-state index < -0.39 is 11.5 Å². The molecule has 0 aromatic rings. The topological polar surface area (TPSA) is 37.3 Å². The van der Waals surface area contributed by atoms with Crippen LogP contribution in [0.25, 0.3) is 0 Å². The van der Waals surface area contributed by atoms with Crippen LogP contribution in [0.15, 0.2) is 0 Å². The molecule has 0 aromatic heterocycles. The molecule has 1 spiro atoms. The van der Waals surface area contributed by atoms with Gasteiger partial charge < -0.3 is 5.11 Å². The second kappa shape index (κ2) is 4.18. The zero-order chi connectivity index (χ0) is 16.0. The monoisotopic (exact) mass is 304 g/mol. The molecule has 4 saturated carbocycles. The van der Waals surface area contributed by atoms with E-state index >= 15 is 0 Å². The van der Waals surface area contributed by atoms with E-state index in [1.165, 1.54) is 19.3 Å². The van der Waals surface area contributed by atoms with Gasteiger partial charge in [0.25, 0.3) is 0 Å². The Morgan fingerprint density at radius 2 is 1.64 bits per heavy atom. The predicted molar refractivity (Wildman–Crippen MR) is 87.4 cm³/mol. The van der Waals surface area contributed by atoms with Crippen LogP contribution in [0.5, 0.6) is 0 Å². The summed E-state index contributed by atoms with van der Waals surface area (Å²) in [4.78, 5) is 13.0. The van der Waals surface area contributed by atoms with E-state index in [0.29, 0.717) is 29.5 Å². The van der Waals surface area contributed by atoms with E-state index in [9.17, 15) is 9.90 Å². The summed E-state index contributed by atoms with van der Waals surface area (Å²) in [6.45, 7) is 9.49. The van der Waals surface area contributed by atoms with Gasteiger partial charge in [-0.2, -0.15) is 0 Å². The molecular formula is C20H32O2. The maximum Gasteiger partial charge on any atom is 0.142 e. The zero-order valence-electron chi connectivity index (χ0n) is 14.7. The first-order valence-corrected chi connectivity index (χ1v) is 9.38. The van der Waals surface area contributed by atoms with Crippen molar-refractivity contribution in [3.05, 3.63) is 0 Å². The van der Waals surface area contributed by atoms with Crippen LogP contribution in [0, 0.1) is 33.5 Å². The molecule has 124 valence electrons. The van der Waals surface area contributed by atoms with Gasteiger partial charge in [-0.1, -0.05) is 34.1 Å². The first kappa shape index (κ1) is 15.2. The molecule has 0 saturated heterocycles. The lowest BCUT2D eigenvalue weighted by atomic mass is 9.40. The fourth-order valence-electron chi connectivity index (χ4n) is 7.80. The zero-order valence-corrected chi connectivity index (χ0v) is 14.7. The average Bonchev–Trinajstić information content (AvgIpc) is 2.54. The van der Waals surface area contributed by atoms with Gasteiger partial charge in [-0.3, -0.25) is 4.79 Å². The minimum absolute atomic E-state index is 0.138. The number of Topliss-reactive ketones (excluding diaryl/α,β-unsaturated/α-hetero) is 1. The molecule has 2 bridgehead atoms. The summed E-state index contributed by atoms with van der Waals surface area (Å²) in [7, 11) is 0. The number of hydrogen-bond acceptors (Lipinski definition) is 2. The van der Waals surface area contributed by atoms with E-state index in [4.69, 9.17) is 0 Å². The molecule has 0 aliphatic heterocycles. The molecule has 4 aliphatic carbocycles. The van der Waals surface area contributed by atoms with Crippen molar-refractivity contribution in [2.75, 3.05) is 0 Å². The number of aliphatic hydroxyl groups excluding tert-OH is 1. The van der Waals surface area contributed by atoms with Crippen molar-refractivity contribution in [2.24, 2.45) is 33.5 Å². The number of carbonyl (C=O) groups excluding carboxylic acids is 1. The van der Waals surface area contributed by atoms with Crippen LogP contribution < -0.4 is 0 Å². The van der Waals surface area contributed by atoms with Gasteiger partial charge in [-0.05, 0) is 61.2 Å². The summed E-state index contributed by atoms with van der Waals surface area (Å²) in [5.41, 5.74) is 0.108. The SMILES string of the molecule is CC1(C)CCC[C@]2(C)[C@H]3CC[C@]4(C)CC(=O)[C@]3(CC[C@@H]12)[C@H]4O. The Balaban J connectivity index is 1.81. The lowest BCUT2D eigenvalue weighted by Gasteiger charge is -2.64. The molecular weight excluding hydrogens is 272 g/mol. The Bertz CT molecular complexity index is 524. The van der Waals surface area contributed by atoms with Crippen molar-refractivity contribution in [3.8, 4) is 0 Å². The summed E-state index contributed by atoms with van der Waals surface area (Å²) < 4.78 is 0. The van der Waals surface area contributed by atoms with Crippen LogP contribution in [0.3, 0.4) is 0 Å². The summed E-state index contributed by atoms with van der Waals surface area (Å²) in [5, 5.41) is 11.1. The molecule has 2 nitrogen and oxygen atoms in total. The van der Waals surface area contributed by atoms with Gasteiger partial charge >= 0.3 is 0 Å². The van der Waals surface area contributed by atoms with Gasteiger partial charge in [0.1, 0.15) is 5.78 Å². The molecule has 0 unspecified atom stereocenters. The minimum atomic E-state index is -0.397. The number of hydrogen-bond donors (Lipinski definition) is 1. The quantitative estimate of drug-likeness (QED) is 0.722. The standard InChI is InChI=1S/C20H32O2/c1-17(2)8-5-9-19(4)13(17)7-11-20-14(19)6-10-18(3,16(20)22)12-15(20)21/h13-14,16,22H,5-12H2,1-4H3/t13-,14+,16-,18+,19-,20+/m0/s1. The molecule has 2 heteroatoms. The van der Waals surface area contributed by atoms with Crippen molar-refractivity contribution in [1.29, 1.82) is 0 Å². The summed E-state index contributed by atoms with van der Waals surface area (Å²) >= 11 is 0. The largest absolute Gasteiger partial charge is 0.391 e. The van der Waals surface area contributed by atoms with Crippen molar-refractivity contribution in [1.82, 2.24) is 0 Å². The van der Waals surface area contributed by atoms with Gasteiger partial charge in [0.05, 0.1) is 11.5 Å². The van der Waals surface area contributed by atoms with E-state index in [2.05, 4.69) is 27.7 Å². The van der Waals surface area contributed by atoms with Gasteiger partial charge in [0.2, 0.25) is 0 Å². The van der Waals surface area contributed by atoms with E-state index in [1.807, 2.05) is 0 Å². The summed E-state index contributed by atoms with van der Waals surface area (Å²) in [6.07, 6.45) is 8.36. The highest BCUT2D eigenvalue weighted by molar-refractivity contribution is 5.90. The Labute approximate surface area is 135 Å².